The molecule has 0 aromatic heterocycles. The second kappa shape index (κ2) is 6.60. The van der Waals surface area contributed by atoms with Crippen LogP contribution in [0.15, 0.2) is 24.3 Å². The van der Waals surface area contributed by atoms with Crippen molar-refractivity contribution in [2.45, 2.75) is 39.7 Å². The zero-order valence-corrected chi connectivity index (χ0v) is 12.8. The molecule has 0 bridgehead atoms. The predicted octanol–water partition coefficient (Wildman–Crippen LogP) is 4.03. The van der Waals surface area contributed by atoms with Gasteiger partial charge in [-0.2, -0.15) is 0 Å². The van der Waals surface area contributed by atoms with E-state index >= 15 is 0 Å². The molecular weight excluding hydrogens is 309 g/mol. The van der Waals surface area contributed by atoms with Crippen molar-refractivity contribution in [1.29, 1.82) is 0 Å². The molecule has 0 saturated carbocycles. The van der Waals surface area contributed by atoms with Gasteiger partial charge in [0, 0.05) is 9.61 Å². The quantitative estimate of drug-likeness (QED) is 0.804. The van der Waals surface area contributed by atoms with Gasteiger partial charge in [-0.3, -0.25) is 0 Å². The van der Waals surface area contributed by atoms with Crippen LogP contribution in [-0.4, -0.2) is 12.6 Å². The minimum Gasteiger partial charge on any atom is -0.313 e. The van der Waals surface area contributed by atoms with Crippen LogP contribution in [0, 0.1) is 9.49 Å². The highest BCUT2D eigenvalue weighted by Gasteiger charge is 2.20. The third kappa shape index (κ3) is 3.74. The van der Waals surface area contributed by atoms with Crippen LogP contribution in [0.2, 0.25) is 0 Å². The first-order valence-corrected chi connectivity index (χ1v) is 7.13. The standard InChI is InChI=1S/C14H22IN/c1-5-16-14(10(2)3)11(4)12-6-8-13(15)9-7-12/h6-11,14,16H,5H2,1-4H3. The maximum atomic E-state index is 3.59. The smallest absolute Gasteiger partial charge is 0.0156 e. The monoisotopic (exact) mass is 331 g/mol. The van der Waals surface area contributed by atoms with E-state index in [0.717, 1.165) is 6.54 Å². The Hall–Kier alpha value is -0.0900. The number of nitrogens with one attached hydrogen (secondary N) is 1. The highest BCUT2D eigenvalue weighted by atomic mass is 127. The van der Waals surface area contributed by atoms with E-state index in [9.17, 15) is 0 Å². The molecule has 1 rings (SSSR count). The largest absolute Gasteiger partial charge is 0.313 e. The molecule has 2 atom stereocenters. The molecule has 0 aliphatic heterocycles. The molecule has 0 saturated heterocycles. The number of hydrogen-bond acceptors (Lipinski definition) is 1. The van der Waals surface area contributed by atoms with Gasteiger partial charge in [-0.1, -0.05) is 39.8 Å². The molecule has 0 heterocycles. The van der Waals surface area contributed by atoms with Crippen molar-refractivity contribution in [3.8, 4) is 0 Å². The topological polar surface area (TPSA) is 12.0 Å². The molecule has 0 aliphatic carbocycles. The molecule has 0 spiro atoms. The molecule has 0 radical (unpaired) electrons. The SMILES string of the molecule is CCNC(C(C)C)C(C)c1ccc(I)cc1. The van der Waals surface area contributed by atoms with Crippen LogP contribution in [-0.2, 0) is 0 Å². The van der Waals surface area contributed by atoms with Crippen molar-refractivity contribution in [2.24, 2.45) is 5.92 Å². The zero-order chi connectivity index (χ0) is 12.1. The summed E-state index contributed by atoms with van der Waals surface area (Å²) in [5.41, 5.74) is 1.43. The molecule has 1 aromatic carbocycles. The van der Waals surface area contributed by atoms with E-state index in [1.807, 2.05) is 0 Å². The fourth-order valence-electron chi connectivity index (χ4n) is 2.20. The molecular formula is C14H22IN. The van der Waals surface area contributed by atoms with E-state index in [2.05, 4.69) is 79.9 Å². The average molecular weight is 331 g/mol. The van der Waals surface area contributed by atoms with Gasteiger partial charge in [0.15, 0.2) is 0 Å². The third-order valence-corrected chi connectivity index (χ3v) is 3.81. The number of hydrogen-bond donors (Lipinski definition) is 1. The Labute approximate surface area is 113 Å². The summed E-state index contributed by atoms with van der Waals surface area (Å²) in [6.45, 7) is 10.1. The van der Waals surface area contributed by atoms with Crippen molar-refractivity contribution >= 4 is 22.6 Å². The summed E-state index contributed by atoms with van der Waals surface area (Å²) in [5, 5.41) is 3.59. The molecule has 0 amide bonds. The molecule has 2 heteroatoms. The lowest BCUT2D eigenvalue weighted by atomic mass is 9.86. The first kappa shape index (κ1) is 14.0. The Bertz CT molecular complexity index is 305. The first-order valence-electron chi connectivity index (χ1n) is 6.05. The molecule has 1 aromatic rings. The second-order valence-corrected chi connectivity index (χ2v) is 5.91. The predicted molar refractivity (Wildman–Crippen MR) is 79.9 cm³/mol. The molecule has 2 unspecified atom stereocenters. The molecule has 1 N–H and O–H groups in total. The van der Waals surface area contributed by atoms with Crippen LogP contribution in [0.25, 0.3) is 0 Å². The fourth-order valence-corrected chi connectivity index (χ4v) is 2.56. The molecule has 0 fully saturated rings. The Morgan fingerprint density at radius 2 is 1.69 bits per heavy atom. The van der Waals surface area contributed by atoms with Gasteiger partial charge in [-0.05, 0) is 58.7 Å². The number of benzene rings is 1. The number of rotatable bonds is 5. The van der Waals surface area contributed by atoms with Crippen LogP contribution in [0.1, 0.15) is 39.2 Å². The Morgan fingerprint density at radius 3 is 2.12 bits per heavy atom. The van der Waals surface area contributed by atoms with Crippen molar-refractivity contribution in [3.05, 3.63) is 33.4 Å². The van der Waals surface area contributed by atoms with Gasteiger partial charge in [-0.15, -0.1) is 0 Å². The molecule has 1 nitrogen and oxygen atoms in total. The van der Waals surface area contributed by atoms with E-state index in [4.69, 9.17) is 0 Å². The first-order chi connectivity index (χ1) is 7.56. The second-order valence-electron chi connectivity index (χ2n) is 4.67. The average Bonchev–Trinajstić information content (AvgIpc) is 2.25. The molecule has 0 aliphatic rings. The highest BCUT2D eigenvalue weighted by Crippen LogP contribution is 2.24. The summed E-state index contributed by atoms with van der Waals surface area (Å²) < 4.78 is 1.30. The summed E-state index contributed by atoms with van der Waals surface area (Å²) in [7, 11) is 0. The van der Waals surface area contributed by atoms with E-state index in [1.165, 1.54) is 9.13 Å². The number of likely N-dealkylation sites (N-methyl/N-ethyl adjacent to an activating group) is 1. The minimum atomic E-state index is 0.560. The van der Waals surface area contributed by atoms with Gasteiger partial charge in [0.1, 0.15) is 0 Å². The number of halogens is 1. The van der Waals surface area contributed by atoms with Crippen molar-refractivity contribution in [2.75, 3.05) is 6.54 Å². The Morgan fingerprint density at radius 1 is 1.12 bits per heavy atom. The summed E-state index contributed by atoms with van der Waals surface area (Å²) in [5.74, 6) is 1.23. The van der Waals surface area contributed by atoms with Gasteiger partial charge >= 0.3 is 0 Å². The maximum absolute atomic E-state index is 3.59. The van der Waals surface area contributed by atoms with Crippen molar-refractivity contribution in [3.63, 3.8) is 0 Å². The molecule has 90 valence electrons. The van der Waals surface area contributed by atoms with Gasteiger partial charge in [0.2, 0.25) is 0 Å². The van der Waals surface area contributed by atoms with E-state index in [1.54, 1.807) is 0 Å². The molecule has 16 heavy (non-hydrogen) atoms. The minimum absolute atomic E-state index is 0.560. The van der Waals surface area contributed by atoms with E-state index < -0.39 is 0 Å². The Kier molecular flexibility index (Phi) is 5.76. The van der Waals surface area contributed by atoms with Crippen LogP contribution in [0.3, 0.4) is 0 Å². The van der Waals surface area contributed by atoms with E-state index in [-0.39, 0.29) is 0 Å². The van der Waals surface area contributed by atoms with Gasteiger partial charge in [-0.25, -0.2) is 0 Å². The van der Waals surface area contributed by atoms with Gasteiger partial charge < -0.3 is 5.32 Å². The maximum Gasteiger partial charge on any atom is 0.0156 e. The normalized spacial score (nSPS) is 15.1. The third-order valence-electron chi connectivity index (χ3n) is 3.09. The van der Waals surface area contributed by atoms with E-state index in [0.29, 0.717) is 17.9 Å². The van der Waals surface area contributed by atoms with Crippen LogP contribution in [0.5, 0.6) is 0 Å². The summed E-state index contributed by atoms with van der Waals surface area (Å²) in [6.07, 6.45) is 0. The van der Waals surface area contributed by atoms with Gasteiger partial charge in [0.25, 0.3) is 0 Å². The van der Waals surface area contributed by atoms with Crippen LogP contribution in [0.4, 0.5) is 0 Å². The Balaban J connectivity index is 2.81. The van der Waals surface area contributed by atoms with Gasteiger partial charge in [0.05, 0.1) is 0 Å². The highest BCUT2D eigenvalue weighted by molar-refractivity contribution is 14.1. The zero-order valence-electron chi connectivity index (χ0n) is 10.6. The summed E-state index contributed by atoms with van der Waals surface area (Å²) >= 11 is 2.35. The lowest BCUT2D eigenvalue weighted by Gasteiger charge is -2.28. The van der Waals surface area contributed by atoms with Crippen LogP contribution < -0.4 is 5.32 Å². The fraction of sp³-hybridized carbons (Fsp3) is 0.571. The summed E-state index contributed by atoms with van der Waals surface area (Å²) in [6, 6.07) is 9.44. The summed E-state index contributed by atoms with van der Waals surface area (Å²) in [4.78, 5) is 0. The lowest BCUT2D eigenvalue weighted by molar-refractivity contribution is 0.360. The lowest BCUT2D eigenvalue weighted by Crippen LogP contribution is -2.38. The van der Waals surface area contributed by atoms with Crippen LogP contribution >= 0.6 is 22.6 Å². The van der Waals surface area contributed by atoms with Crippen molar-refractivity contribution in [1.82, 2.24) is 5.32 Å². The van der Waals surface area contributed by atoms with Crippen molar-refractivity contribution < 1.29 is 0 Å².